The van der Waals surface area contributed by atoms with E-state index in [1.54, 1.807) is 0 Å². The maximum Gasteiger partial charge on any atom is 0.454 e. The van der Waals surface area contributed by atoms with Crippen molar-refractivity contribution in [2.45, 2.75) is 32.9 Å². The van der Waals surface area contributed by atoms with Crippen LogP contribution in [0, 0.1) is 6.92 Å². The van der Waals surface area contributed by atoms with Crippen molar-refractivity contribution in [3.63, 3.8) is 0 Å². The molecule has 152 valence electrons. The maximum atomic E-state index is 13.3. The number of Topliss-reactive ketones (excluding diaryl/α,β-unsaturated/α-hetero) is 1. The van der Waals surface area contributed by atoms with Crippen molar-refractivity contribution in [1.82, 2.24) is 5.32 Å². The summed E-state index contributed by atoms with van der Waals surface area (Å²) < 4.78 is 45.5. The Morgan fingerprint density at radius 2 is 1.72 bits per heavy atom. The smallest absolute Gasteiger partial charge is 0.454 e. The highest BCUT2D eigenvalue weighted by Gasteiger charge is 2.47. The van der Waals surface area contributed by atoms with Crippen LogP contribution in [0.25, 0.3) is 11.0 Å². The molecule has 1 aromatic carbocycles. The second kappa shape index (κ2) is 6.91. The van der Waals surface area contributed by atoms with Crippen LogP contribution in [0.2, 0.25) is 0 Å². The van der Waals surface area contributed by atoms with E-state index in [1.807, 2.05) is 0 Å². The lowest BCUT2D eigenvalue weighted by atomic mass is 9.78. The van der Waals surface area contributed by atoms with Crippen LogP contribution in [0.5, 0.6) is 0 Å². The SMILES string of the molecule is CC1=C(C(=O)O)C(c2cccc3c(=O)cc(C)oc23)C(C(=O)C(F)(F)F)=C(C)N1. The fraction of sp³-hybridized carbons (Fsp3) is 0.250. The van der Waals surface area contributed by atoms with Crippen molar-refractivity contribution in [3.05, 3.63) is 68.4 Å². The third-order valence-corrected chi connectivity index (χ3v) is 4.71. The average Bonchev–Trinajstić information content (AvgIpc) is 2.59. The largest absolute Gasteiger partial charge is 0.478 e. The number of hydrogen-bond donors (Lipinski definition) is 2. The van der Waals surface area contributed by atoms with Gasteiger partial charge in [-0.15, -0.1) is 0 Å². The third kappa shape index (κ3) is 3.43. The van der Waals surface area contributed by atoms with E-state index in [4.69, 9.17) is 4.42 Å². The van der Waals surface area contributed by atoms with Gasteiger partial charge in [0.15, 0.2) is 5.43 Å². The van der Waals surface area contributed by atoms with E-state index in [-0.39, 0.29) is 33.7 Å². The van der Waals surface area contributed by atoms with Crippen LogP contribution in [0.4, 0.5) is 13.2 Å². The number of rotatable bonds is 3. The van der Waals surface area contributed by atoms with Gasteiger partial charge in [-0.2, -0.15) is 13.2 Å². The van der Waals surface area contributed by atoms with Gasteiger partial charge >= 0.3 is 12.1 Å². The van der Waals surface area contributed by atoms with Gasteiger partial charge in [-0.3, -0.25) is 9.59 Å². The van der Waals surface area contributed by atoms with Crippen molar-refractivity contribution in [3.8, 4) is 0 Å². The zero-order valence-corrected chi connectivity index (χ0v) is 15.6. The second-order valence-corrected chi connectivity index (χ2v) is 6.71. The molecule has 0 saturated carbocycles. The minimum Gasteiger partial charge on any atom is -0.478 e. The topological polar surface area (TPSA) is 96.6 Å². The first kappa shape index (κ1) is 20.4. The summed E-state index contributed by atoms with van der Waals surface area (Å²) in [5.41, 5.74) is -1.71. The molecule has 0 amide bonds. The summed E-state index contributed by atoms with van der Waals surface area (Å²) in [6.07, 6.45) is -5.22. The standard InChI is InChI=1S/C20H16F3NO5/c1-8-7-13(25)11-5-4-6-12(17(11)29-8)16-14(18(26)20(21,22)23)9(2)24-10(3)15(16)19(27)28/h4-7,16,24H,1-3H3,(H,27,28). The van der Waals surface area contributed by atoms with Gasteiger partial charge in [-0.1, -0.05) is 12.1 Å². The number of benzene rings is 1. The number of halogens is 3. The Bertz CT molecular complexity index is 1170. The van der Waals surface area contributed by atoms with Gasteiger partial charge < -0.3 is 14.8 Å². The molecule has 1 unspecified atom stereocenters. The van der Waals surface area contributed by atoms with Crippen molar-refractivity contribution in [1.29, 1.82) is 0 Å². The number of aryl methyl sites for hydroxylation is 1. The van der Waals surface area contributed by atoms with E-state index >= 15 is 0 Å². The highest BCUT2D eigenvalue weighted by Crippen LogP contribution is 2.43. The number of dihydropyridines is 1. The minimum absolute atomic E-state index is 0.00602. The van der Waals surface area contributed by atoms with Gasteiger partial charge in [0.2, 0.25) is 0 Å². The number of ketones is 1. The van der Waals surface area contributed by atoms with Crippen molar-refractivity contribution in [2.75, 3.05) is 0 Å². The first-order valence-corrected chi connectivity index (χ1v) is 8.50. The van der Waals surface area contributed by atoms with Gasteiger partial charge in [0.05, 0.1) is 16.9 Å². The van der Waals surface area contributed by atoms with Crippen LogP contribution < -0.4 is 10.7 Å². The number of nitrogens with one attached hydrogen (secondary N) is 1. The Hall–Kier alpha value is -3.36. The molecule has 0 saturated heterocycles. The van der Waals surface area contributed by atoms with Crippen molar-refractivity contribution < 1.29 is 32.3 Å². The summed E-state index contributed by atoms with van der Waals surface area (Å²) in [5.74, 6) is -5.03. The summed E-state index contributed by atoms with van der Waals surface area (Å²) in [6.45, 7) is 4.14. The Morgan fingerprint density at radius 1 is 1.10 bits per heavy atom. The highest BCUT2D eigenvalue weighted by molar-refractivity contribution is 6.06. The second-order valence-electron chi connectivity index (χ2n) is 6.71. The molecule has 0 spiro atoms. The normalized spacial score (nSPS) is 17.5. The van der Waals surface area contributed by atoms with Crippen LogP contribution in [-0.2, 0) is 9.59 Å². The number of hydrogen-bond acceptors (Lipinski definition) is 5. The number of carboxylic acids is 1. The first-order valence-electron chi connectivity index (χ1n) is 8.50. The monoisotopic (exact) mass is 407 g/mol. The number of carbonyl (C=O) groups is 2. The molecule has 0 fully saturated rings. The Kier molecular flexibility index (Phi) is 4.86. The molecule has 1 aliphatic rings. The molecule has 29 heavy (non-hydrogen) atoms. The number of aliphatic carboxylic acids is 1. The van der Waals surface area contributed by atoms with Crippen molar-refractivity contribution >= 4 is 22.7 Å². The lowest BCUT2D eigenvalue weighted by molar-refractivity contribution is -0.166. The molecule has 9 heteroatoms. The van der Waals surface area contributed by atoms with Gasteiger partial charge in [0.25, 0.3) is 5.78 Å². The Morgan fingerprint density at radius 3 is 2.31 bits per heavy atom. The molecule has 6 nitrogen and oxygen atoms in total. The van der Waals surface area contributed by atoms with E-state index in [2.05, 4.69) is 5.32 Å². The molecule has 2 N–H and O–H groups in total. The molecular formula is C20H16F3NO5. The first-order chi connectivity index (χ1) is 13.4. The fourth-order valence-corrected chi connectivity index (χ4v) is 3.59. The number of carbonyl (C=O) groups excluding carboxylic acids is 1. The van der Waals surface area contributed by atoms with E-state index in [1.165, 1.54) is 45.0 Å². The number of allylic oxidation sites excluding steroid dienone is 3. The zero-order valence-electron chi connectivity index (χ0n) is 15.6. The maximum absolute atomic E-state index is 13.3. The molecule has 2 heterocycles. The Balaban J connectivity index is 2.42. The lowest BCUT2D eigenvalue weighted by Crippen LogP contribution is -2.36. The number of carboxylic acid groups (broad SMARTS) is 1. The molecular weight excluding hydrogens is 391 g/mol. The Labute approximate surface area is 162 Å². The van der Waals surface area contributed by atoms with Crippen molar-refractivity contribution in [2.24, 2.45) is 0 Å². The van der Waals surface area contributed by atoms with E-state index in [9.17, 15) is 32.7 Å². The summed E-state index contributed by atoms with van der Waals surface area (Å²) >= 11 is 0. The molecule has 1 aliphatic heterocycles. The van der Waals surface area contributed by atoms with E-state index in [0.717, 1.165) is 0 Å². The summed E-state index contributed by atoms with van der Waals surface area (Å²) in [6, 6.07) is 5.40. The summed E-state index contributed by atoms with van der Waals surface area (Å²) in [4.78, 5) is 36.5. The number of alkyl halides is 3. The van der Waals surface area contributed by atoms with Crippen LogP contribution in [-0.4, -0.2) is 23.0 Å². The van der Waals surface area contributed by atoms with E-state index < -0.39 is 40.4 Å². The minimum atomic E-state index is -5.22. The highest BCUT2D eigenvalue weighted by atomic mass is 19.4. The summed E-state index contributed by atoms with van der Waals surface area (Å²) in [5, 5.41) is 12.3. The number of para-hydroxylation sites is 1. The predicted molar refractivity (Wildman–Crippen MR) is 97.2 cm³/mol. The average molecular weight is 407 g/mol. The lowest BCUT2D eigenvalue weighted by Gasteiger charge is -2.30. The molecule has 0 bridgehead atoms. The fourth-order valence-electron chi connectivity index (χ4n) is 3.59. The van der Waals surface area contributed by atoms with Crippen LogP contribution in [0.15, 0.2) is 56.0 Å². The van der Waals surface area contributed by atoms with Gasteiger partial charge in [-0.25, -0.2) is 4.79 Å². The van der Waals surface area contributed by atoms with Crippen LogP contribution in [0.3, 0.4) is 0 Å². The van der Waals surface area contributed by atoms with Gasteiger partial charge in [0, 0.05) is 28.6 Å². The van der Waals surface area contributed by atoms with Crippen LogP contribution >= 0.6 is 0 Å². The molecule has 0 radical (unpaired) electrons. The molecule has 0 aliphatic carbocycles. The van der Waals surface area contributed by atoms with Gasteiger partial charge in [0.1, 0.15) is 11.3 Å². The van der Waals surface area contributed by atoms with Gasteiger partial charge in [-0.05, 0) is 26.8 Å². The summed E-state index contributed by atoms with van der Waals surface area (Å²) in [7, 11) is 0. The van der Waals surface area contributed by atoms with Crippen LogP contribution in [0.1, 0.15) is 31.1 Å². The molecule has 1 atom stereocenters. The number of fused-ring (bicyclic) bond motifs is 1. The molecule has 3 rings (SSSR count). The molecule has 1 aromatic heterocycles. The zero-order chi connectivity index (χ0) is 21.7. The quantitative estimate of drug-likeness (QED) is 0.808. The molecule has 2 aromatic rings. The third-order valence-electron chi connectivity index (χ3n) is 4.71. The predicted octanol–water partition coefficient (Wildman–Crippen LogP) is 3.55. The van der Waals surface area contributed by atoms with E-state index in [0.29, 0.717) is 0 Å².